The molecule has 1 amide bonds. The molecule has 1 fully saturated rings. The van der Waals surface area contributed by atoms with Crippen LogP contribution < -0.4 is 15.8 Å². The maximum Gasteiger partial charge on any atom is 0.416 e. The molecule has 15 heteroatoms. The van der Waals surface area contributed by atoms with E-state index in [9.17, 15) is 27.9 Å². The zero-order valence-electron chi connectivity index (χ0n) is 27.3. The Balaban J connectivity index is 1.39. The number of carbonyl (C=O) groups is 1. The average Bonchev–Trinajstić information content (AvgIpc) is 3.70. The molecule has 49 heavy (non-hydrogen) atoms. The van der Waals surface area contributed by atoms with Crippen molar-refractivity contribution >= 4 is 45.7 Å². The van der Waals surface area contributed by atoms with Gasteiger partial charge in [0.05, 0.1) is 34.8 Å². The summed E-state index contributed by atoms with van der Waals surface area (Å²) in [5, 5.41) is 19.4. The van der Waals surface area contributed by atoms with Gasteiger partial charge < -0.3 is 33.9 Å². The van der Waals surface area contributed by atoms with Crippen LogP contribution in [0.15, 0.2) is 64.0 Å². The van der Waals surface area contributed by atoms with Gasteiger partial charge in [-0.2, -0.15) is 22.8 Å². The van der Waals surface area contributed by atoms with Gasteiger partial charge in [-0.15, -0.1) is 0 Å². The highest BCUT2D eigenvalue weighted by Gasteiger charge is 2.32. The quantitative estimate of drug-likeness (QED) is 0.182. The number of amides is 1. The third-order valence-corrected chi connectivity index (χ3v) is 8.58. The number of rotatable bonds is 7. The van der Waals surface area contributed by atoms with E-state index >= 15 is 0 Å². The maximum absolute atomic E-state index is 14.2. The first-order valence-corrected chi connectivity index (χ1v) is 16.2. The molecule has 1 saturated heterocycles. The first-order valence-electron chi connectivity index (χ1n) is 15.8. The van der Waals surface area contributed by atoms with Gasteiger partial charge in [-0.3, -0.25) is 4.79 Å². The summed E-state index contributed by atoms with van der Waals surface area (Å²) in [4.78, 5) is 30.5. The van der Waals surface area contributed by atoms with Crippen molar-refractivity contribution in [1.82, 2.24) is 19.1 Å². The number of hydrogen-bond donors (Lipinski definition) is 2. The van der Waals surface area contributed by atoms with Gasteiger partial charge in [0.25, 0.3) is 5.56 Å². The highest BCUT2D eigenvalue weighted by molar-refractivity contribution is 6.33. The standard InChI is InChI=1S/C34H36ClF3N6O5/c1-5-26-30(41-11-13-42(14-12-41)32(47)49-33(2,3)4)31(46)44-29(18-25(40-44)21-7-6-20-10-15-48-27(20)16-21)43(26)19-28(45)39-24-9-8-22(17-23(24)35)34(36,37)38/h6-10,15-18,28,39,45H,5,11-14,19H2,1-4H3. The Hall–Kier alpha value is -4.69. The number of aliphatic hydroxyl groups is 1. The Morgan fingerprint density at radius 2 is 1.82 bits per heavy atom. The van der Waals surface area contributed by atoms with Crippen molar-refractivity contribution in [2.75, 3.05) is 36.4 Å². The summed E-state index contributed by atoms with van der Waals surface area (Å²) in [6, 6.07) is 12.0. The lowest BCUT2D eigenvalue weighted by Crippen LogP contribution is -2.51. The lowest BCUT2D eigenvalue weighted by Gasteiger charge is -2.37. The number of benzene rings is 2. The summed E-state index contributed by atoms with van der Waals surface area (Å²) in [5.74, 6) is 0. The minimum absolute atomic E-state index is 0.108. The summed E-state index contributed by atoms with van der Waals surface area (Å²) in [6.07, 6.45) is -4.37. The highest BCUT2D eigenvalue weighted by atomic mass is 35.5. The molecule has 6 rings (SSSR count). The molecule has 1 atom stereocenters. The Morgan fingerprint density at radius 1 is 1.08 bits per heavy atom. The Morgan fingerprint density at radius 3 is 2.47 bits per heavy atom. The number of hydrogen-bond acceptors (Lipinski definition) is 8. The second-order valence-corrected chi connectivity index (χ2v) is 13.3. The molecule has 260 valence electrons. The fourth-order valence-electron chi connectivity index (χ4n) is 5.98. The van der Waals surface area contributed by atoms with Crippen LogP contribution in [0.2, 0.25) is 5.02 Å². The SMILES string of the molecule is CCc1c(N2CCN(C(=O)OC(C)(C)C)CC2)c(=O)n2nc(-c3ccc4ccoc4c3)cc2n1CC(O)Nc1ccc(C(F)(F)F)cc1Cl. The molecular weight excluding hydrogens is 665 g/mol. The summed E-state index contributed by atoms with van der Waals surface area (Å²) in [5.41, 5.74) is 1.39. The summed E-state index contributed by atoms with van der Waals surface area (Å²) in [6.45, 7) is 8.49. The summed E-state index contributed by atoms with van der Waals surface area (Å²) < 4.78 is 53.8. The molecule has 0 radical (unpaired) electrons. The van der Waals surface area contributed by atoms with E-state index in [4.69, 9.17) is 20.8 Å². The van der Waals surface area contributed by atoms with Crippen molar-refractivity contribution in [3.8, 4) is 11.3 Å². The van der Waals surface area contributed by atoms with E-state index in [0.717, 1.165) is 23.6 Å². The van der Waals surface area contributed by atoms with Gasteiger partial charge in [0, 0.05) is 48.9 Å². The minimum atomic E-state index is -4.58. The average molecular weight is 701 g/mol. The third kappa shape index (κ3) is 7.06. The minimum Gasteiger partial charge on any atom is -0.464 e. The molecule has 1 unspecified atom stereocenters. The predicted octanol–water partition coefficient (Wildman–Crippen LogP) is 6.63. The summed E-state index contributed by atoms with van der Waals surface area (Å²) >= 11 is 6.17. The zero-order chi connectivity index (χ0) is 35.2. The molecule has 4 heterocycles. The van der Waals surface area contributed by atoms with E-state index in [1.54, 1.807) is 42.6 Å². The Labute approximate surface area is 284 Å². The second kappa shape index (κ2) is 13.0. The largest absolute Gasteiger partial charge is 0.464 e. The normalized spacial score (nSPS) is 14.9. The number of carbonyl (C=O) groups excluding carboxylic acids is 1. The van der Waals surface area contributed by atoms with Crippen LogP contribution in [0.3, 0.4) is 0 Å². The van der Waals surface area contributed by atoms with Crippen LogP contribution in [0, 0.1) is 0 Å². The van der Waals surface area contributed by atoms with Crippen LogP contribution in [-0.4, -0.2) is 68.3 Å². The van der Waals surface area contributed by atoms with Gasteiger partial charge in [-0.05, 0) is 57.5 Å². The third-order valence-electron chi connectivity index (χ3n) is 8.27. The van der Waals surface area contributed by atoms with Crippen LogP contribution in [0.1, 0.15) is 39.0 Å². The van der Waals surface area contributed by atoms with Gasteiger partial charge in [0.1, 0.15) is 28.7 Å². The van der Waals surface area contributed by atoms with Crippen molar-refractivity contribution in [1.29, 1.82) is 0 Å². The number of halogens is 4. The van der Waals surface area contributed by atoms with Crippen LogP contribution in [0.25, 0.3) is 27.9 Å². The van der Waals surface area contributed by atoms with Gasteiger partial charge >= 0.3 is 12.3 Å². The molecule has 0 bridgehead atoms. The Kier molecular flexibility index (Phi) is 9.05. The Bertz CT molecular complexity index is 2070. The smallest absolute Gasteiger partial charge is 0.416 e. The van der Waals surface area contributed by atoms with Gasteiger partial charge in [-0.1, -0.05) is 30.7 Å². The number of nitrogens with one attached hydrogen (secondary N) is 1. The molecule has 1 aliphatic rings. The fraction of sp³-hybridized carbons (Fsp3) is 0.382. The first-order chi connectivity index (χ1) is 23.1. The number of aliphatic hydroxyl groups excluding tert-OH is 1. The predicted molar refractivity (Wildman–Crippen MR) is 180 cm³/mol. The van der Waals surface area contributed by atoms with Crippen LogP contribution in [-0.2, 0) is 23.9 Å². The molecule has 0 aliphatic carbocycles. The molecule has 3 aromatic heterocycles. The number of aromatic nitrogens is 3. The molecule has 1 aliphatic heterocycles. The zero-order valence-corrected chi connectivity index (χ0v) is 28.1. The summed E-state index contributed by atoms with van der Waals surface area (Å²) in [7, 11) is 0. The molecule has 5 aromatic rings. The van der Waals surface area contributed by atoms with Crippen molar-refractivity contribution in [2.45, 2.75) is 58.7 Å². The number of anilines is 2. The van der Waals surface area contributed by atoms with Crippen molar-refractivity contribution < 1.29 is 32.2 Å². The lowest BCUT2D eigenvalue weighted by atomic mass is 10.1. The fourth-order valence-corrected chi connectivity index (χ4v) is 6.22. The topological polar surface area (TPSA) is 117 Å². The molecule has 2 N–H and O–H groups in total. The molecule has 0 spiro atoms. The van der Waals surface area contributed by atoms with Crippen LogP contribution >= 0.6 is 11.6 Å². The molecular formula is C34H36ClF3N6O5. The van der Waals surface area contributed by atoms with Crippen molar-refractivity contribution in [3.63, 3.8) is 0 Å². The number of furan rings is 1. The maximum atomic E-state index is 14.2. The van der Waals surface area contributed by atoms with Crippen molar-refractivity contribution in [2.24, 2.45) is 0 Å². The van der Waals surface area contributed by atoms with Crippen LogP contribution in [0.5, 0.6) is 0 Å². The number of alkyl halides is 3. The molecule has 2 aromatic carbocycles. The lowest BCUT2D eigenvalue weighted by molar-refractivity contribution is -0.137. The number of nitrogens with zero attached hydrogens (tertiary/aromatic N) is 5. The number of piperazine rings is 1. The van der Waals surface area contributed by atoms with Crippen LogP contribution in [0.4, 0.5) is 29.3 Å². The number of ether oxygens (including phenoxy) is 1. The van der Waals surface area contributed by atoms with Gasteiger partial charge in [0.2, 0.25) is 0 Å². The van der Waals surface area contributed by atoms with E-state index in [-0.39, 0.29) is 22.8 Å². The van der Waals surface area contributed by atoms with E-state index in [1.165, 1.54) is 4.52 Å². The van der Waals surface area contributed by atoms with E-state index in [1.807, 2.05) is 36.1 Å². The van der Waals surface area contributed by atoms with E-state index in [0.29, 0.717) is 66.5 Å². The number of fused-ring (bicyclic) bond motifs is 2. The second-order valence-electron chi connectivity index (χ2n) is 12.8. The first kappa shape index (κ1) is 34.2. The monoisotopic (exact) mass is 700 g/mol. The van der Waals surface area contributed by atoms with Gasteiger partial charge in [0.15, 0.2) is 0 Å². The molecule has 0 saturated carbocycles. The van der Waals surface area contributed by atoms with Crippen molar-refractivity contribution in [3.05, 3.63) is 81.4 Å². The van der Waals surface area contributed by atoms with E-state index in [2.05, 4.69) is 10.4 Å². The van der Waals surface area contributed by atoms with Gasteiger partial charge in [-0.25, -0.2) is 4.79 Å². The molecule has 11 nitrogen and oxygen atoms in total. The highest BCUT2D eigenvalue weighted by Crippen LogP contribution is 2.34. The van der Waals surface area contributed by atoms with E-state index < -0.39 is 29.7 Å².